The van der Waals surface area contributed by atoms with Crippen LogP contribution in [-0.2, 0) is 25.2 Å². The molecule has 0 saturated heterocycles. The third-order valence-electron chi connectivity index (χ3n) is 2.89. The van der Waals surface area contributed by atoms with Gasteiger partial charge in [0.15, 0.2) is 0 Å². The van der Waals surface area contributed by atoms with E-state index in [0.717, 1.165) is 18.4 Å². The summed E-state index contributed by atoms with van der Waals surface area (Å²) in [6.07, 6.45) is 0.825. The molecule has 0 aromatic heterocycles. The summed E-state index contributed by atoms with van der Waals surface area (Å²) in [5.74, 6) is -3.11. The van der Waals surface area contributed by atoms with Crippen molar-refractivity contribution in [2.75, 3.05) is 6.26 Å². The van der Waals surface area contributed by atoms with E-state index in [1.807, 2.05) is 4.72 Å². The molecule has 1 aliphatic rings. The highest BCUT2D eigenvalue weighted by molar-refractivity contribution is 7.88. The molecule has 0 fully saturated rings. The topological polar surface area (TPSA) is 92.7 Å². The van der Waals surface area contributed by atoms with Crippen molar-refractivity contribution in [2.24, 2.45) is 0 Å². The minimum Gasteiger partial charge on any atom is -0.501 e. The van der Waals surface area contributed by atoms with Crippen LogP contribution in [-0.4, -0.2) is 25.6 Å². The van der Waals surface area contributed by atoms with Crippen molar-refractivity contribution < 1.29 is 27.4 Å². The molecule has 21 heavy (non-hydrogen) atoms. The fraction of sp³-hybridized carbons (Fsp3) is 0.250. The van der Waals surface area contributed by atoms with E-state index in [0.29, 0.717) is 0 Å². The summed E-state index contributed by atoms with van der Waals surface area (Å²) in [5.41, 5.74) is -1.85. The lowest BCUT2D eigenvalue weighted by Gasteiger charge is -2.24. The number of rotatable bonds is 3. The van der Waals surface area contributed by atoms with Gasteiger partial charge in [-0.15, -0.1) is 0 Å². The lowest BCUT2D eigenvalue weighted by Crippen LogP contribution is -2.32. The molecule has 0 bridgehead atoms. The minimum absolute atomic E-state index is 0.0222. The van der Waals surface area contributed by atoms with Gasteiger partial charge in [0.2, 0.25) is 27.3 Å². The Morgan fingerprint density at radius 3 is 2.62 bits per heavy atom. The van der Waals surface area contributed by atoms with Crippen LogP contribution in [0, 0.1) is 5.82 Å². The molecule has 9 heteroatoms. The van der Waals surface area contributed by atoms with Crippen molar-refractivity contribution in [2.45, 2.75) is 12.5 Å². The fourth-order valence-electron chi connectivity index (χ4n) is 1.91. The molecule has 0 aliphatic carbocycles. The van der Waals surface area contributed by atoms with Gasteiger partial charge in [-0.05, 0) is 25.1 Å². The molecule has 2 N–H and O–H groups in total. The lowest BCUT2D eigenvalue weighted by molar-refractivity contribution is -0.131. The van der Waals surface area contributed by atoms with E-state index in [1.54, 1.807) is 0 Å². The maximum atomic E-state index is 13.3. The quantitative estimate of drug-likeness (QED) is 0.874. The molecule has 114 valence electrons. The number of aliphatic hydroxyl groups excluding tert-OH is 1. The van der Waals surface area contributed by atoms with Gasteiger partial charge in [-0.2, -0.15) is 0 Å². The molecule has 0 amide bonds. The highest BCUT2D eigenvalue weighted by Gasteiger charge is 2.49. The Labute approximate surface area is 125 Å². The monoisotopic (exact) mass is 335 g/mol. The van der Waals surface area contributed by atoms with Crippen LogP contribution in [0.15, 0.2) is 29.8 Å². The van der Waals surface area contributed by atoms with Crippen LogP contribution in [0.1, 0.15) is 12.5 Å². The maximum Gasteiger partial charge on any atom is 0.250 e. The van der Waals surface area contributed by atoms with E-state index < -0.39 is 38.9 Å². The first-order valence-corrected chi connectivity index (χ1v) is 7.92. The van der Waals surface area contributed by atoms with E-state index in [1.165, 1.54) is 13.0 Å². The summed E-state index contributed by atoms with van der Waals surface area (Å²) in [6.45, 7) is 1.25. The molecule has 0 radical (unpaired) electrons. The number of hydrogen-bond donors (Lipinski definition) is 2. The Hall–Kier alpha value is -1.80. The normalized spacial score (nSPS) is 22.4. The Morgan fingerprint density at radius 2 is 2.05 bits per heavy atom. The van der Waals surface area contributed by atoms with Crippen LogP contribution in [0.5, 0.6) is 0 Å². The first kappa shape index (κ1) is 15.6. The second-order valence-corrected chi connectivity index (χ2v) is 6.80. The SMILES string of the molecule is CC1(c2cc(F)ccc2Cl)OC(NS(C)(=O)=O)=C(O)C1=O. The molecular weight excluding hydrogens is 325 g/mol. The van der Waals surface area contributed by atoms with E-state index in [4.69, 9.17) is 16.3 Å². The van der Waals surface area contributed by atoms with Gasteiger partial charge in [0.1, 0.15) is 5.82 Å². The number of ketones is 1. The Balaban J connectivity index is 2.48. The Bertz CT molecular complexity index is 761. The van der Waals surface area contributed by atoms with Crippen LogP contribution in [0.25, 0.3) is 0 Å². The summed E-state index contributed by atoms with van der Waals surface area (Å²) < 4.78 is 42.8. The van der Waals surface area contributed by atoms with E-state index in [-0.39, 0.29) is 10.6 Å². The van der Waals surface area contributed by atoms with Gasteiger partial charge in [0.05, 0.1) is 6.26 Å². The third kappa shape index (κ3) is 2.81. The number of carbonyl (C=O) groups is 1. The zero-order valence-corrected chi connectivity index (χ0v) is 12.5. The first-order valence-electron chi connectivity index (χ1n) is 5.65. The van der Waals surface area contributed by atoms with Gasteiger partial charge in [-0.3, -0.25) is 9.52 Å². The van der Waals surface area contributed by atoms with E-state index >= 15 is 0 Å². The Morgan fingerprint density at radius 1 is 1.43 bits per heavy atom. The molecule has 1 aromatic rings. The van der Waals surface area contributed by atoms with Gasteiger partial charge in [0, 0.05) is 10.6 Å². The smallest absolute Gasteiger partial charge is 0.250 e. The average Bonchev–Trinajstić information content (AvgIpc) is 2.56. The average molecular weight is 336 g/mol. The van der Waals surface area contributed by atoms with Crippen LogP contribution in [0.3, 0.4) is 0 Å². The number of sulfonamides is 1. The van der Waals surface area contributed by atoms with Crippen LogP contribution < -0.4 is 4.72 Å². The van der Waals surface area contributed by atoms with Crippen molar-refractivity contribution in [3.05, 3.63) is 46.2 Å². The molecule has 1 aliphatic heterocycles. The molecular formula is C12H11ClFNO5S. The lowest BCUT2D eigenvalue weighted by atomic mass is 9.91. The van der Waals surface area contributed by atoms with Crippen LogP contribution in [0.4, 0.5) is 4.39 Å². The summed E-state index contributed by atoms with van der Waals surface area (Å²) in [6, 6.07) is 3.31. The van der Waals surface area contributed by atoms with Crippen LogP contribution >= 0.6 is 11.6 Å². The van der Waals surface area contributed by atoms with Crippen molar-refractivity contribution in [3.8, 4) is 0 Å². The predicted octanol–water partition coefficient (Wildman–Crippen LogP) is 1.57. The predicted molar refractivity (Wildman–Crippen MR) is 72.5 cm³/mol. The molecule has 1 heterocycles. The molecule has 1 aromatic carbocycles. The number of Topliss-reactive ketones (excluding diaryl/α,β-unsaturated/α-hetero) is 1. The number of hydrogen-bond acceptors (Lipinski definition) is 5. The van der Waals surface area contributed by atoms with Crippen molar-refractivity contribution >= 4 is 27.4 Å². The third-order valence-corrected chi connectivity index (χ3v) is 3.78. The van der Waals surface area contributed by atoms with Crippen molar-refractivity contribution in [1.82, 2.24) is 4.72 Å². The molecule has 1 atom stereocenters. The molecule has 2 rings (SSSR count). The molecule has 1 unspecified atom stereocenters. The van der Waals surface area contributed by atoms with Gasteiger partial charge >= 0.3 is 0 Å². The minimum atomic E-state index is -3.77. The van der Waals surface area contributed by atoms with Crippen LogP contribution in [0.2, 0.25) is 5.02 Å². The molecule has 6 nitrogen and oxygen atoms in total. The summed E-state index contributed by atoms with van der Waals surface area (Å²) in [4.78, 5) is 12.1. The standard InChI is InChI=1S/C12H11ClFNO5S/c1-12(7-5-6(14)3-4-8(7)13)10(17)9(16)11(20-12)15-21(2,18)19/h3-5,15-16H,1-2H3. The first-order chi connectivity index (χ1) is 9.54. The molecule has 0 saturated carbocycles. The van der Waals surface area contributed by atoms with E-state index in [2.05, 4.69) is 0 Å². The summed E-state index contributed by atoms with van der Waals surface area (Å²) in [5, 5.41) is 9.76. The highest BCUT2D eigenvalue weighted by Crippen LogP contribution is 2.40. The molecule has 0 spiro atoms. The number of aliphatic hydroxyl groups is 1. The number of ether oxygens (including phenoxy) is 1. The van der Waals surface area contributed by atoms with E-state index in [9.17, 15) is 22.7 Å². The fourth-order valence-corrected chi connectivity index (χ4v) is 2.68. The second-order valence-electron chi connectivity index (χ2n) is 4.64. The zero-order valence-electron chi connectivity index (χ0n) is 11.0. The number of carbonyl (C=O) groups excluding carboxylic acids is 1. The number of halogens is 2. The summed E-state index contributed by atoms with van der Waals surface area (Å²) in [7, 11) is -3.77. The van der Waals surface area contributed by atoms with Crippen molar-refractivity contribution in [1.29, 1.82) is 0 Å². The van der Waals surface area contributed by atoms with Gasteiger partial charge in [-0.1, -0.05) is 11.6 Å². The summed E-state index contributed by atoms with van der Waals surface area (Å²) >= 11 is 5.92. The van der Waals surface area contributed by atoms with Gasteiger partial charge in [0.25, 0.3) is 5.78 Å². The zero-order chi connectivity index (χ0) is 16.0. The van der Waals surface area contributed by atoms with Gasteiger partial charge in [-0.25, -0.2) is 12.8 Å². The van der Waals surface area contributed by atoms with Gasteiger partial charge < -0.3 is 9.84 Å². The largest absolute Gasteiger partial charge is 0.501 e. The second kappa shape index (κ2) is 4.88. The number of nitrogens with one attached hydrogen (secondary N) is 1. The highest BCUT2D eigenvalue weighted by atomic mass is 35.5. The number of benzene rings is 1. The van der Waals surface area contributed by atoms with Crippen molar-refractivity contribution in [3.63, 3.8) is 0 Å². The Kier molecular flexibility index (Phi) is 3.63. The maximum absolute atomic E-state index is 13.3.